The van der Waals surface area contributed by atoms with E-state index in [0.717, 1.165) is 18.7 Å². The number of nitrogens with zero attached hydrogens (tertiary/aromatic N) is 1. The second-order valence-electron chi connectivity index (χ2n) is 6.30. The van der Waals surface area contributed by atoms with Gasteiger partial charge in [-0.3, -0.25) is 4.99 Å². The average Bonchev–Trinajstić information content (AvgIpc) is 3.00. The number of guanidine groups is 1. The van der Waals surface area contributed by atoms with Gasteiger partial charge >= 0.3 is 0 Å². The molecule has 0 saturated heterocycles. The third-order valence-electron chi connectivity index (χ3n) is 4.07. The maximum Gasteiger partial charge on any atom is 0.193 e. The van der Waals surface area contributed by atoms with Crippen molar-refractivity contribution >= 4 is 11.6 Å². The van der Waals surface area contributed by atoms with Gasteiger partial charge in [-0.15, -0.1) is 0 Å². The second-order valence-corrected chi connectivity index (χ2v) is 6.30. The highest BCUT2D eigenvalue weighted by molar-refractivity contribution is 5.92. The van der Waals surface area contributed by atoms with Crippen LogP contribution in [-0.4, -0.2) is 25.2 Å². The van der Waals surface area contributed by atoms with Gasteiger partial charge in [0.05, 0.1) is 6.10 Å². The van der Waals surface area contributed by atoms with Crippen molar-refractivity contribution in [2.24, 2.45) is 10.7 Å². The Labute approximate surface area is 134 Å². The van der Waals surface area contributed by atoms with Crippen LogP contribution in [0.1, 0.15) is 57.4 Å². The summed E-state index contributed by atoms with van der Waals surface area (Å²) in [5, 5.41) is 3.16. The van der Waals surface area contributed by atoms with Crippen LogP contribution in [0.25, 0.3) is 0 Å². The number of anilines is 1. The van der Waals surface area contributed by atoms with Crippen LogP contribution in [0, 0.1) is 0 Å². The van der Waals surface area contributed by atoms with Gasteiger partial charge in [-0.25, -0.2) is 0 Å². The van der Waals surface area contributed by atoms with E-state index in [0.29, 0.717) is 24.5 Å². The zero-order valence-electron chi connectivity index (χ0n) is 13.8. The molecular formula is C18H29N3O. The number of ether oxygens (including phenoxy) is 1. The minimum atomic E-state index is 0.474. The molecule has 0 bridgehead atoms. The smallest absolute Gasteiger partial charge is 0.193 e. The van der Waals surface area contributed by atoms with Gasteiger partial charge in [0.25, 0.3) is 0 Å². The fourth-order valence-electron chi connectivity index (χ4n) is 2.73. The van der Waals surface area contributed by atoms with E-state index in [-0.39, 0.29) is 0 Å². The Bertz CT molecular complexity index is 479. The second kappa shape index (κ2) is 8.79. The van der Waals surface area contributed by atoms with Crippen molar-refractivity contribution < 1.29 is 4.74 Å². The Morgan fingerprint density at radius 1 is 1.36 bits per heavy atom. The van der Waals surface area contributed by atoms with Crippen LogP contribution in [0.2, 0.25) is 0 Å². The zero-order chi connectivity index (χ0) is 15.8. The standard InChI is InChI=1S/C18H29N3O/c1-14(2)15-7-5-8-16(13-15)21-18(19)20-11-6-12-22-17-9-3-4-10-17/h5,7-8,13-14,17H,3-4,6,9-12H2,1-2H3,(H3,19,20,21). The van der Waals surface area contributed by atoms with Crippen LogP contribution in [0.15, 0.2) is 29.3 Å². The summed E-state index contributed by atoms with van der Waals surface area (Å²) >= 11 is 0. The molecule has 1 aromatic rings. The molecule has 122 valence electrons. The summed E-state index contributed by atoms with van der Waals surface area (Å²) in [6.07, 6.45) is 6.48. The molecule has 1 aliphatic rings. The molecule has 1 saturated carbocycles. The molecule has 2 rings (SSSR count). The van der Waals surface area contributed by atoms with E-state index in [1.54, 1.807) is 0 Å². The van der Waals surface area contributed by atoms with Crippen LogP contribution in [0.4, 0.5) is 5.69 Å². The lowest BCUT2D eigenvalue weighted by Crippen LogP contribution is -2.23. The lowest BCUT2D eigenvalue weighted by molar-refractivity contribution is 0.0579. The molecule has 0 heterocycles. The SMILES string of the molecule is CC(C)c1cccc(NC(N)=NCCCOC2CCCC2)c1. The van der Waals surface area contributed by atoms with Crippen LogP contribution in [0.3, 0.4) is 0 Å². The first-order valence-corrected chi connectivity index (χ1v) is 8.43. The fraction of sp³-hybridized carbons (Fsp3) is 0.611. The molecule has 3 N–H and O–H groups in total. The normalized spacial score (nSPS) is 16.4. The summed E-state index contributed by atoms with van der Waals surface area (Å²) in [6.45, 7) is 5.85. The summed E-state index contributed by atoms with van der Waals surface area (Å²) in [6, 6.07) is 8.30. The van der Waals surface area contributed by atoms with Crippen LogP contribution < -0.4 is 11.1 Å². The van der Waals surface area contributed by atoms with E-state index >= 15 is 0 Å². The predicted molar refractivity (Wildman–Crippen MR) is 93.5 cm³/mol. The lowest BCUT2D eigenvalue weighted by atomic mass is 10.0. The number of benzene rings is 1. The van der Waals surface area contributed by atoms with Gasteiger partial charge in [-0.1, -0.05) is 38.8 Å². The van der Waals surface area contributed by atoms with Crippen LogP contribution in [-0.2, 0) is 4.74 Å². The van der Waals surface area contributed by atoms with Crippen molar-refractivity contribution in [3.8, 4) is 0 Å². The molecule has 0 aliphatic heterocycles. The van der Waals surface area contributed by atoms with Crippen molar-refractivity contribution in [2.75, 3.05) is 18.5 Å². The summed E-state index contributed by atoms with van der Waals surface area (Å²) in [7, 11) is 0. The minimum Gasteiger partial charge on any atom is -0.378 e. The largest absolute Gasteiger partial charge is 0.378 e. The number of hydrogen-bond acceptors (Lipinski definition) is 2. The van der Waals surface area contributed by atoms with E-state index < -0.39 is 0 Å². The third kappa shape index (κ3) is 5.68. The number of rotatable bonds is 7. The Balaban J connectivity index is 1.69. The predicted octanol–water partition coefficient (Wildman–Crippen LogP) is 3.89. The molecule has 0 unspecified atom stereocenters. The Hall–Kier alpha value is -1.55. The Morgan fingerprint density at radius 2 is 2.14 bits per heavy atom. The third-order valence-corrected chi connectivity index (χ3v) is 4.07. The first kappa shape index (κ1) is 16.8. The zero-order valence-corrected chi connectivity index (χ0v) is 13.8. The Kier molecular flexibility index (Phi) is 6.72. The van der Waals surface area contributed by atoms with Crippen molar-refractivity contribution in [2.45, 2.75) is 58.0 Å². The molecule has 0 amide bonds. The molecule has 0 aromatic heterocycles. The molecule has 1 fully saturated rings. The van der Waals surface area contributed by atoms with Gasteiger partial charge in [-0.2, -0.15) is 0 Å². The number of hydrogen-bond donors (Lipinski definition) is 2. The molecule has 4 heteroatoms. The molecule has 1 aliphatic carbocycles. The molecule has 0 atom stereocenters. The first-order chi connectivity index (χ1) is 10.6. The summed E-state index contributed by atoms with van der Waals surface area (Å²) in [5.74, 6) is 0.981. The van der Waals surface area contributed by atoms with Gasteiger partial charge in [-0.05, 0) is 42.9 Å². The van der Waals surface area contributed by atoms with E-state index in [1.807, 2.05) is 12.1 Å². The van der Waals surface area contributed by atoms with Gasteiger partial charge in [0, 0.05) is 18.8 Å². The average molecular weight is 303 g/mol. The number of nitrogens with two attached hydrogens (primary N) is 1. The van der Waals surface area contributed by atoms with Crippen molar-refractivity contribution in [3.63, 3.8) is 0 Å². The van der Waals surface area contributed by atoms with Crippen molar-refractivity contribution in [1.82, 2.24) is 0 Å². The first-order valence-electron chi connectivity index (χ1n) is 8.43. The quantitative estimate of drug-likeness (QED) is 0.456. The molecule has 4 nitrogen and oxygen atoms in total. The van der Waals surface area contributed by atoms with Crippen LogP contribution >= 0.6 is 0 Å². The van der Waals surface area contributed by atoms with E-state index in [4.69, 9.17) is 10.5 Å². The van der Waals surface area contributed by atoms with Crippen LogP contribution in [0.5, 0.6) is 0 Å². The van der Waals surface area contributed by atoms with Gasteiger partial charge in [0.2, 0.25) is 0 Å². The summed E-state index contributed by atoms with van der Waals surface area (Å²) in [4.78, 5) is 4.36. The molecular weight excluding hydrogens is 274 g/mol. The molecule has 22 heavy (non-hydrogen) atoms. The molecule has 0 radical (unpaired) electrons. The molecule has 0 spiro atoms. The van der Waals surface area contributed by atoms with E-state index in [1.165, 1.54) is 31.2 Å². The van der Waals surface area contributed by atoms with Gasteiger partial charge < -0.3 is 15.8 Å². The topological polar surface area (TPSA) is 59.6 Å². The maximum atomic E-state index is 5.93. The highest BCUT2D eigenvalue weighted by atomic mass is 16.5. The summed E-state index contributed by atoms with van der Waals surface area (Å²) < 4.78 is 5.81. The minimum absolute atomic E-state index is 0.474. The maximum absolute atomic E-state index is 5.93. The lowest BCUT2D eigenvalue weighted by Gasteiger charge is -2.11. The van der Waals surface area contributed by atoms with Crippen molar-refractivity contribution in [3.05, 3.63) is 29.8 Å². The van der Waals surface area contributed by atoms with Crippen molar-refractivity contribution in [1.29, 1.82) is 0 Å². The van der Waals surface area contributed by atoms with E-state index in [2.05, 4.69) is 36.3 Å². The van der Waals surface area contributed by atoms with Gasteiger partial charge in [0.1, 0.15) is 0 Å². The number of aliphatic imine (C=N–C) groups is 1. The highest BCUT2D eigenvalue weighted by Gasteiger charge is 2.14. The fourth-order valence-corrected chi connectivity index (χ4v) is 2.73. The number of nitrogens with one attached hydrogen (secondary N) is 1. The van der Waals surface area contributed by atoms with E-state index in [9.17, 15) is 0 Å². The summed E-state index contributed by atoms with van der Waals surface area (Å²) in [5.41, 5.74) is 8.22. The highest BCUT2D eigenvalue weighted by Crippen LogP contribution is 2.21. The monoisotopic (exact) mass is 303 g/mol. The Morgan fingerprint density at radius 3 is 2.86 bits per heavy atom. The molecule has 1 aromatic carbocycles. The van der Waals surface area contributed by atoms with Gasteiger partial charge in [0.15, 0.2) is 5.96 Å².